The third-order valence-corrected chi connectivity index (χ3v) is 4.79. The topological polar surface area (TPSA) is 32.8 Å². The molecule has 2 heterocycles. The molecule has 3 rings (SSSR count). The van der Waals surface area contributed by atoms with Crippen molar-refractivity contribution in [1.29, 1.82) is 0 Å². The summed E-state index contributed by atoms with van der Waals surface area (Å²) >= 11 is 0. The zero-order valence-corrected chi connectivity index (χ0v) is 13.4. The van der Waals surface area contributed by atoms with Gasteiger partial charge in [-0.2, -0.15) is 0 Å². The number of nitrogens with zero attached hydrogens (tertiary/aromatic N) is 2. The summed E-state index contributed by atoms with van der Waals surface area (Å²) in [5, 5.41) is 0. The lowest BCUT2D eigenvalue weighted by atomic mass is 10.1. The fourth-order valence-electron chi connectivity index (χ4n) is 3.50. The average Bonchev–Trinajstić information content (AvgIpc) is 2.76. The summed E-state index contributed by atoms with van der Waals surface area (Å²) in [6, 6.07) is 10.8. The Labute approximate surface area is 133 Å². The molecule has 0 saturated carbocycles. The molecule has 0 unspecified atom stereocenters. The number of carbonyl (C=O) groups excluding carboxylic acids is 1. The number of likely N-dealkylation sites (N-methyl/N-ethyl adjacent to an activating group) is 1. The molecule has 0 aromatic heterocycles. The van der Waals surface area contributed by atoms with Gasteiger partial charge in [0, 0.05) is 32.0 Å². The van der Waals surface area contributed by atoms with Crippen molar-refractivity contribution < 1.29 is 9.53 Å². The highest BCUT2D eigenvalue weighted by molar-refractivity contribution is 5.76. The van der Waals surface area contributed by atoms with Crippen LogP contribution in [0.15, 0.2) is 30.3 Å². The van der Waals surface area contributed by atoms with E-state index in [-0.39, 0.29) is 0 Å². The van der Waals surface area contributed by atoms with Crippen molar-refractivity contribution in [1.82, 2.24) is 9.80 Å². The number of benzene rings is 1. The van der Waals surface area contributed by atoms with Crippen LogP contribution in [0.4, 0.5) is 0 Å². The second-order valence-corrected chi connectivity index (χ2v) is 6.63. The van der Waals surface area contributed by atoms with E-state index in [9.17, 15) is 4.79 Å². The van der Waals surface area contributed by atoms with Crippen LogP contribution >= 0.6 is 0 Å². The lowest BCUT2D eigenvalue weighted by Gasteiger charge is -2.29. The van der Waals surface area contributed by atoms with Crippen molar-refractivity contribution in [2.45, 2.75) is 25.3 Å². The van der Waals surface area contributed by atoms with Gasteiger partial charge in [-0.1, -0.05) is 30.3 Å². The van der Waals surface area contributed by atoms with Gasteiger partial charge in [0.05, 0.1) is 19.3 Å². The molecule has 0 N–H and O–H groups in total. The summed E-state index contributed by atoms with van der Waals surface area (Å²) in [6.07, 6.45) is 2.57. The van der Waals surface area contributed by atoms with Crippen LogP contribution in [-0.4, -0.2) is 61.6 Å². The number of hydrogen-bond donors (Lipinski definition) is 0. The minimum atomic E-state index is 0.308. The van der Waals surface area contributed by atoms with Crippen LogP contribution in [0.1, 0.15) is 18.4 Å². The van der Waals surface area contributed by atoms with Gasteiger partial charge in [-0.05, 0) is 25.5 Å². The Kier molecular flexibility index (Phi) is 5.11. The highest BCUT2D eigenvalue weighted by atomic mass is 16.5. The number of aryl methyl sites for hydroxylation is 1. The number of hydrogen-bond acceptors (Lipinski definition) is 3. The van der Waals surface area contributed by atoms with Crippen LogP contribution in [0.25, 0.3) is 0 Å². The average molecular weight is 302 g/mol. The first-order valence-electron chi connectivity index (χ1n) is 8.32. The van der Waals surface area contributed by atoms with Crippen LogP contribution in [-0.2, 0) is 16.0 Å². The summed E-state index contributed by atoms with van der Waals surface area (Å²) in [4.78, 5) is 17.0. The van der Waals surface area contributed by atoms with Gasteiger partial charge in [-0.3, -0.25) is 9.69 Å². The molecule has 1 aromatic rings. The van der Waals surface area contributed by atoms with Crippen LogP contribution in [0.2, 0.25) is 0 Å². The maximum Gasteiger partial charge on any atom is 0.222 e. The largest absolute Gasteiger partial charge is 0.379 e. The molecule has 2 aliphatic heterocycles. The quantitative estimate of drug-likeness (QED) is 0.850. The molecule has 0 aliphatic carbocycles. The lowest BCUT2D eigenvalue weighted by Crippen LogP contribution is -2.44. The first-order chi connectivity index (χ1) is 10.7. The van der Waals surface area contributed by atoms with E-state index in [2.05, 4.69) is 41.1 Å². The zero-order chi connectivity index (χ0) is 15.4. The van der Waals surface area contributed by atoms with Crippen LogP contribution in [0, 0.1) is 5.92 Å². The molecule has 2 fully saturated rings. The van der Waals surface area contributed by atoms with Gasteiger partial charge in [0.2, 0.25) is 5.91 Å². The molecule has 1 amide bonds. The smallest absolute Gasteiger partial charge is 0.222 e. The molecule has 0 spiro atoms. The van der Waals surface area contributed by atoms with Crippen molar-refractivity contribution in [3.8, 4) is 0 Å². The lowest BCUT2D eigenvalue weighted by molar-refractivity contribution is -0.133. The molecule has 22 heavy (non-hydrogen) atoms. The van der Waals surface area contributed by atoms with Crippen molar-refractivity contribution in [3.63, 3.8) is 0 Å². The Bertz CT molecular complexity index is 491. The fraction of sp³-hybridized carbons (Fsp3) is 0.611. The standard InChI is InChI=1S/C18H26N2O2/c1-19-10-16-11-20(12-17(19)14-22-13-16)18(21)9-5-8-15-6-3-2-4-7-15/h2-4,6-7,16-17H,5,8-14H2,1H3/t16-,17+/m1/s1. The highest BCUT2D eigenvalue weighted by Gasteiger charge is 2.32. The number of rotatable bonds is 4. The van der Waals surface area contributed by atoms with E-state index in [1.807, 2.05) is 6.07 Å². The van der Waals surface area contributed by atoms with E-state index in [1.165, 1.54) is 5.56 Å². The van der Waals surface area contributed by atoms with Gasteiger partial charge in [0.15, 0.2) is 0 Å². The van der Waals surface area contributed by atoms with E-state index in [0.29, 0.717) is 24.3 Å². The number of carbonyl (C=O) groups is 1. The number of amides is 1. The molecule has 2 saturated heterocycles. The summed E-state index contributed by atoms with van der Waals surface area (Å²) in [7, 11) is 2.15. The number of ether oxygens (including phenoxy) is 1. The van der Waals surface area contributed by atoms with E-state index in [4.69, 9.17) is 4.74 Å². The molecule has 0 radical (unpaired) electrons. The molecule has 4 heteroatoms. The minimum Gasteiger partial charge on any atom is -0.379 e. The SMILES string of the molecule is CN1C[C@H]2COC[C@@H]1CN(C(=O)CCCc1ccccc1)C2. The van der Waals surface area contributed by atoms with Crippen molar-refractivity contribution in [2.24, 2.45) is 5.92 Å². The maximum atomic E-state index is 12.5. The molecular weight excluding hydrogens is 276 g/mol. The molecule has 1 aromatic carbocycles. The summed E-state index contributed by atoms with van der Waals surface area (Å²) < 4.78 is 5.72. The fourth-order valence-corrected chi connectivity index (χ4v) is 3.50. The summed E-state index contributed by atoms with van der Waals surface area (Å²) in [6.45, 7) is 4.25. The van der Waals surface area contributed by atoms with Crippen LogP contribution in [0.3, 0.4) is 0 Å². The Hall–Kier alpha value is -1.39. The molecule has 2 aliphatic rings. The van der Waals surface area contributed by atoms with E-state index in [0.717, 1.165) is 45.7 Å². The Morgan fingerprint density at radius 2 is 2.00 bits per heavy atom. The molecular formula is C18H26N2O2. The second kappa shape index (κ2) is 7.25. The Morgan fingerprint density at radius 1 is 1.18 bits per heavy atom. The maximum absolute atomic E-state index is 12.5. The Balaban J connectivity index is 1.51. The predicted octanol–water partition coefficient (Wildman–Crippen LogP) is 1.80. The van der Waals surface area contributed by atoms with E-state index >= 15 is 0 Å². The third-order valence-electron chi connectivity index (χ3n) is 4.79. The first kappa shape index (κ1) is 15.5. The van der Waals surface area contributed by atoms with Gasteiger partial charge >= 0.3 is 0 Å². The summed E-state index contributed by atoms with van der Waals surface area (Å²) in [5.41, 5.74) is 1.32. The van der Waals surface area contributed by atoms with Crippen molar-refractivity contribution >= 4 is 5.91 Å². The van der Waals surface area contributed by atoms with Crippen LogP contribution in [0.5, 0.6) is 0 Å². The highest BCUT2D eigenvalue weighted by Crippen LogP contribution is 2.19. The summed E-state index contributed by atoms with van der Waals surface area (Å²) in [5.74, 6) is 0.763. The normalized spacial score (nSPS) is 25.8. The second-order valence-electron chi connectivity index (χ2n) is 6.63. The predicted molar refractivity (Wildman–Crippen MR) is 86.7 cm³/mol. The molecule has 4 nitrogen and oxygen atoms in total. The van der Waals surface area contributed by atoms with Gasteiger partial charge in [0.1, 0.15) is 0 Å². The minimum absolute atomic E-state index is 0.308. The number of fused-ring (bicyclic) bond motifs is 3. The monoisotopic (exact) mass is 302 g/mol. The van der Waals surface area contributed by atoms with Crippen molar-refractivity contribution in [2.75, 3.05) is 39.9 Å². The van der Waals surface area contributed by atoms with E-state index in [1.54, 1.807) is 0 Å². The first-order valence-corrected chi connectivity index (χ1v) is 8.32. The Morgan fingerprint density at radius 3 is 2.82 bits per heavy atom. The van der Waals surface area contributed by atoms with Crippen molar-refractivity contribution in [3.05, 3.63) is 35.9 Å². The van der Waals surface area contributed by atoms with Gasteiger partial charge < -0.3 is 9.64 Å². The zero-order valence-electron chi connectivity index (χ0n) is 13.4. The van der Waals surface area contributed by atoms with Gasteiger partial charge in [-0.25, -0.2) is 0 Å². The molecule has 120 valence electrons. The van der Waals surface area contributed by atoms with Gasteiger partial charge in [-0.15, -0.1) is 0 Å². The van der Waals surface area contributed by atoms with Gasteiger partial charge in [0.25, 0.3) is 0 Å². The molecule has 2 atom stereocenters. The van der Waals surface area contributed by atoms with Crippen LogP contribution < -0.4 is 0 Å². The van der Waals surface area contributed by atoms with E-state index < -0.39 is 0 Å². The third kappa shape index (κ3) is 3.87. The molecule has 2 bridgehead atoms.